The Labute approximate surface area is 114 Å². The molecule has 19 heavy (non-hydrogen) atoms. The average molecular weight is 256 g/mol. The van der Waals surface area contributed by atoms with Crippen LogP contribution in [-0.4, -0.2) is 19.9 Å². The van der Waals surface area contributed by atoms with Crippen molar-refractivity contribution in [1.82, 2.24) is 19.9 Å². The van der Waals surface area contributed by atoms with E-state index in [1.165, 1.54) is 0 Å². The molecule has 0 aliphatic heterocycles. The van der Waals surface area contributed by atoms with Gasteiger partial charge < -0.3 is 0 Å². The van der Waals surface area contributed by atoms with Gasteiger partial charge in [0.05, 0.1) is 11.4 Å². The molecule has 100 valence electrons. The Kier molecular flexibility index (Phi) is 3.88. The number of nitrogens with zero attached hydrogens (tertiary/aromatic N) is 4. The van der Waals surface area contributed by atoms with Crippen molar-refractivity contribution < 1.29 is 0 Å². The van der Waals surface area contributed by atoms with Crippen molar-refractivity contribution in [2.75, 3.05) is 0 Å². The standard InChI is InChI=1S/C15H20N4/c1-11(2)13-9-17-12(8-18-13)7-15(3,4)14-5-6-16-10-19-14/h5-6,8-11H,7H2,1-4H3. The third-order valence-corrected chi connectivity index (χ3v) is 3.22. The predicted molar refractivity (Wildman–Crippen MR) is 74.9 cm³/mol. The summed E-state index contributed by atoms with van der Waals surface area (Å²) in [4.78, 5) is 17.3. The van der Waals surface area contributed by atoms with Crippen molar-refractivity contribution in [3.63, 3.8) is 0 Å². The molecule has 0 radical (unpaired) electrons. The Hall–Kier alpha value is -1.84. The van der Waals surface area contributed by atoms with Crippen molar-refractivity contribution in [3.05, 3.63) is 48.1 Å². The lowest BCUT2D eigenvalue weighted by Gasteiger charge is -2.23. The molecule has 2 aromatic rings. The van der Waals surface area contributed by atoms with Crippen molar-refractivity contribution >= 4 is 0 Å². The van der Waals surface area contributed by atoms with E-state index in [2.05, 4.69) is 47.6 Å². The summed E-state index contributed by atoms with van der Waals surface area (Å²) in [5.74, 6) is 0.413. The predicted octanol–water partition coefficient (Wildman–Crippen LogP) is 2.91. The molecule has 0 fully saturated rings. The number of hydrogen-bond donors (Lipinski definition) is 0. The first kappa shape index (κ1) is 13.6. The summed E-state index contributed by atoms with van der Waals surface area (Å²) in [6, 6.07) is 1.95. The van der Waals surface area contributed by atoms with E-state index in [-0.39, 0.29) is 5.41 Å². The summed E-state index contributed by atoms with van der Waals surface area (Å²) in [5.41, 5.74) is 2.98. The van der Waals surface area contributed by atoms with Crippen molar-refractivity contribution in [2.24, 2.45) is 0 Å². The van der Waals surface area contributed by atoms with Gasteiger partial charge in [0, 0.05) is 36.1 Å². The maximum Gasteiger partial charge on any atom is 0.115 e. The van der Waals surface area contributed by atoms with Crippen LogP contribution >= 0.6 is 0 Å². The van der Waals surface area contributed by atoms with Gasteiger partial charge in [-0.3, -0.25) is 9.97 Å². The molecule has 0 atom stereocenters. The Morgan fingerprint density at radius 1 is 1.11 bits per heavy atom. The van der Waals surface area contributed by atoms with Gasteiger partial charge in [-0.1, -0.05) is 27.7 Å². The summed E-state index contributed by atoms with van der Waals surface area (Å²) in [6.07, 6.45) is 7.92. The zero-order valence-corrected chi connectivity index (χ0v) is 12.0. The molecule has 0 N–H and O–H groups in total. The Bertz CT molecular complexity index is 518. The first-order valence-electron chi connectivity index (χ1n) is 6.56. The van der Waals surface area contributed by atoms with E-state index in [1.807, 2.05) is 18.5 Å². The first-order valence-corrected chi connectivity index (χ1v) is 6.56. The molecule has 2 heterocycles. The topological polar surface area (TPSA) is 51.6 Å². The van der Waals surface area contributed by atoms with Crippen molar-refractivity contribution in [1.29, 1.82) is 0 Å². The lowest BCUT2D eigenvalue weighted by molar-refractivity contribution is 0.496. The van der Waals surface area contributed by atoms with Crippen LogP contribution < -0.4 is 0 Å². The van der Waals surface area contributed by atoms with Gasteiger partial charge in [0.1, 0.15) is 6.33 Å². The van der Waals surface area contributed by atoms with E-state index in [1.54, 1.807) is 12.5 Å². The summed E-state index contributed by atoms with van der Waals surface area (Å²) in [6.45, 7) is 8.56. The fourth-order valence-corrected chi connectivity index (χ4v) is 1.99. The highest BCUT2D eigenvalue weighted by Gasteiger charge is 2.23. The highest BCUT2D eigenvalue weighted by atomic mass is 14.8. The van der Waals surface area contributed by atoms with Crippen LogP contribution in [-0.2, 0) is 11.8 Å². The molecule has 0 spiro atoms. The van der Waals surface area contributed by atoms with Crippen LogP contribution in [0.4, 0.5) is 0 Å². The van der Waals surface area contributed by atoms with Crippen LogP contribution in [0.5, 0.6) is 0 Å². The molecule has 4 nitrogen and oxygen atoms in total. The maximum absolute atomic E-state index is 4.50. The number of hydrogen-bond acceptors (Lipinski definition) is 4. The second kappa shape index (κ2) is 5.43. The monoisotopic (exact) mass is 256 g/mol. The normalized spacial score (nSPS) is 11.8. The van der Waals surface area contributed by atoms with Crippen LogP contribution in [0, 0.1) is 0 Å². The smallest absolute Gasteiger partial charge is 0.115 e. The summed E-state index contributed by atoms with van der Waals surface area (Å²) >= 11 is 0. The fraction of sp³-hybridized carbons (Fsp3) is 0.467. The van der Waals surface area contributed by atoms with Gasteiger partial charge in [-0.05, 0) is 12.0 Å². The van der Waals surface area contributed by atoms with E-state index in [4.69, 9.17) is 0 Å². The third kappa shape index (κ3) is 3.34. The molecule has 0 amide bonds. The van der Waals surface area contributed by atoms with Gasteiger partial charge in [0.15, 0.2) is 0 Å². The zero-order chi connectivity index (χ0) is 13.9. The quantitative estimate of drug-likeness (QED) is 0.844. The molecular weight excluding hydrogens is 236 g/mol. The lowest BCUT2D eigenvalue weighted by atomic mass is 9.84. The summed E-state index contributed by atoms with van der Waals surface area (Å²) in [7, 11) is 0. The second-order valence-corrected chi connectivity index (χ2v) is 5.74. The number of rotatable bonds is 4. The molecule has 0 unspecified atom stereocenters. The Morgan fingerprint density at radius 3 is 2.42 bits per heavy atom. The van der Waals surface area contributed by atoms with Gasteiger partial charge in [0.25, 0.3) is 0 Å². The molecule has 0 aliphatic rings. The van der Waals surface area contributed by atoms with E-state index in [0.717, 1.165) is 23.5 Å². The van der Waals surface area contributed by atoms with Crippen molar-refractivity contribution in [3.8, 4) is 0 Å². The van der Waals surface area contributed by atoms with Gasteiger partial charge in [-0.25, -0.2) is 9.97 Å². The van der Waals surface area contributed by atoms with Gasteiger partial charge in [-0.15, -0.1) is 0 Å². The highest BCUT2D eigenvalue weighted by Crippen LogP contribution is 2.24. The molecule has 0 saturated heterocycles. The first-order chi connectivity index (χ1) is 8.99. The molecule has 4 heteroatoms. The van der Waals surface area contributed by atoms with E-state index in [9.17, 15) is 0 Å². The van der Waals surface area contributed by atoms with E-state index in [0.29, 0.717) is 5.92 Å². The molecule has 2 rings (SSSR count). The van der Waals surface area contributed by atoms with Gasteiger partial charge in [0.2, 0.25) is 0 Å². The minimum absolute atomic E-state index is 0.0725. The SMILES string of the molecule is CC(C)c1cnc(CC(C)(C)c2ccncn2)cn1. The van der Waals surface area contributed by atoms with Crippen LogP contribution in [0.3, 0.4) is 0 Å². The highest BCUT2D eigenvalue weighted by molar-refractivity contribution is 5.17. The van der Waals surface area contributed by atoms with E-state index >= 15 is 0 Å². The fourth-order valence-electron chi connectivity index (χ4n) is 1.99. The van der Waals surface area contributed by atoms with Gasteiger partial charge in [-0.2, -0.15) is 0 Å². The van der Waals surface area contributed by atoms with Crippen molar-refractivity contribution in [2.45, 2.75) is 45.4 Å². The Morgan fingerprint density at radius 2 is 1.89 bits per heavy atom. The summed E-state index contributed by atoms with van der Waals surface area (Å²) < 4.78 is 0. The van der Waals surface area contributed by atoms with E-state index < -0.39 is 0 Å². The minimum atomic E-state index is -0.0725. The molecule has 2 aromatic heterocycles. The number of aromatic nitrogens is 4. The molecule has 0 saturated carbocycles. The van der Waals surface area contributed by atoms with Crippen LogP contribution in [0.2, 0.25) is 0 Å². The zero-order valence-electron chi connectivity index (χ0n) is 12.0. The maximum atomic E-state index is 4.50. The molecule has 0 aliphatic carbocycles. The second-order valence-electron chi connectivity index (χ2n) is 5.74. The van der Waals surface area contributed by atoms with Crippen LogP contribution in [0.1, 0.15) is 50.7 Å². The molecular formula is C15H20N4. The molecule has 0 bridgehead atoms. The molecule has 0 aromatic carbocycles. The van der Waals surface area contributed by atoms with Crippen LogP contribution in [0.25, 0.3) is 0 Å². The average Bonchev–Trinajstić information content (AvgIpc) is 2.40. The lowest BCUT2D eigenvalue weighted by Crippen LogP contribution is -2.22. The summed E-state index contributed by atoms with van der Waals surface area (Å²) in [5, 5.41) is 0. The van der Waals surface area contributed by atoms with Crippen LogP contribution in [0.15, 0.2) is 31.0 Å². The Balaban J connectivity index is 2.16. The van der Waals surface area contributed by atoms with Gasteiger partial charge >= 0.3 is 0 Å². The largest absolute Gasteiger partial charge is 0.258 e. The third-order valence-electron chi connectivity index (χ3n) is 3.22. The minimum Gasteiger partial charge on any atom is -0.258 e.